The highest BCUT2D eigenvalue weighted by Gasteiger charge is 2.26. The Balaban J connectivity index is 1.95. The van der Waals surface area contributed by atoms with E-state index in [4.69, 9.17) is 4.52 Å². The second-order valence-corrected chi connectivity index (χ2v) is 5.92. The van der Waals surface area contributed by atoms with Gasteiger partial charge in [0.1, 0.15) is 0 Å². The second kappa shape index (κ2) is 7.59. The largest absolute Gasteiger partial charge is 0.351 e. The van der Waals surface area contributed by atoms with E-state index in [1.54, 1.807) is 0 Å². The van der Waals surface area contributed by atoms with Gasteiger partial charge in [-0.3, -0.25) is 4.79 Å². The molecule has 0 saturated carbocycles. The minimum Gasteiger partial charge on any atom is -0.351 e. The Morgan fingerprint density at radius 3 is 2.67 bits per heavy atom. The molecule has 0 unspecified atom stereocenters. The summed E-state index contributed by atoms with van der Waals surface area (Å²) >= 11 is 0. The fraction of sp³-hybridized carbons (Fsp3) is 0.750. The van der Waals surface area contributed by atoms with E-state index in [1.807, 2.05) is 18.0 Å². The molecule has 118 valence electrons. The molecule has 1 N–H and O–H groups in total. The maximum Gasteiger partial charge on any atom is 0.292 e. The zero-order valence-corrected chi connectivity index (χ0v) is 13.4. The first-order chi connectivity index (χ1) is 10.2. The topological polar surface area (TPSA) is 58.4 Å². The molecular formula is C16H27N3O2. The van der Waals surface area contributed by atoms with Crippen LogP contribution in [-0.2, 0) is 0 Å². The van der Waals surface area contributed by atoms with Crippen molar-refractivity contribution in [3.8, 4) is 0 Å². The van der Waals surface area contributed by atoms with E-state index in [0.29, 0.717) is 17.6 Å². The van der Waals surface area contributed by atoms with Crippen LogP contribution < -0.4 is 5.32 Å². The van der Waals surface area contributed by atoms with E-state index in [1.165, 1.54) is 0 Å². The molecule has 1 aliphatic rings. The SMILES string of the molecule is CCC(CC)c1cc(C(=O)N2CCC(CNC)CC2)on1. The lowest BCUT2D eigenvalue weighted by molar-refractivity contribution is 0.0649. The summed E-state index contributed by atoms with van der Waals surface area (Å²) in [5, 5.41) is 7.30. The van der Waals surface area contributed by atoms with Crippen molar-refractivity contribution in [2.45, 2.75) is 45.4 Å². The molecule has 1 aromatic heterocycles. The quantitative estimate of drug-likeness (QED) is 0.876. The molecule has 0 bridgehead atoms. The van der Waals surface area contributed by atoms with Crippen molar-refractivity contribution in [1.29, 1.82) is 0 Å². The number of aromatic nitrogens is 1. The molecule has 1 fully saturated rings. The lowest BCUT2D eigenvalue weighted by atomic mass is 9.96. The fourth-order valence-electron chi connectivity index (χ4n) is 3.07. The Morgan fingerprint density at radius 2 is 2.10 bits per heavy atom. The number of hydrogen-bond acceptors (Lipinski definition) is 4. The number of piperidine rings is 1. The standard InChI is InChI=1S/C16H27N3O2/c1-4-13(5-2)14-10-15(21-18-14)16(20)19-8-6-12(7-9-19)11-17-3/h10,12-13,17H,4-9,11H2,1-3H3. The van der Waals surface area contributed by atoms with Crippen LogP contribution in [0.25, 0.3) is 0 Å². The van der Waals surface area contributed by atoms with Gasteiger partial charge in [-0.1, -0.05) is 19.0 Å². The number of amides is 1. The van der Waals surface area contributed by atoms with E-state index >= 15 is 0 Å². The Labute approximate surface area is 127 Å². The van der Waals surface area contributed by atoms with Crippen molar-refractivity contribution in [2.75, 3.05) is 26.7 Å². The third-order valence-corrected chi connectivity index (χ3v) is 4.54. The van der Waals surface area contributed by atoms with Crippen molar-refractivity contribution in [3.05, 3.63) is 17.5 Å². The molecule has 1 saturated heterocycles. The lowest BCUT2D eigenvalue weighted by Crippen LogP contribution is -2.40. The number of nitrogens with one attached hydrogen (secondary N) is 1. The number of carbonyl (C=O) groups is 1. The minimum atomic E-state index is -0.0115. The first-order valence-corrected chi connectivity index (χ1v) is 8.10. The van der Waals surface area contributed by atoms with E-state index in [0.717, 1.165) is 51.0 Å². The molecule has 0 spiro atoms. The molecule has 0 aliphatic carbocycles. The van der Waals surface area contributed by atoms with E-state index in [9.17, 15) is 4.79 Å². The molecule has 21 heavy (non-hydrogen) atoms. The van der Waals surface area contributed by atoms with Gasteiger partial charge >= 0.3 is 0 Å². The van der Waals surface area contributed by atoms with Crippen molar-refractivity contribution < 1.29 is 9.32 Å². The van der Waals surface area contributed by atoms with Gasteiger partial charge in [0.15, 0.2) is 0 Å². The van der Waals surface area contributed by atoms with Crippen LogP contribution >= 0.6 is 0 Å². The molecular weight excluding hydrogens is 266 g/mol. The first-order valence-electron chi connectivity index (χ1n) is 8.10. The molecule has 5 heteroatoms. The Morgan fingerprint density at radius 1 is 1.43 bits per heavy atom. The van der Waals surface area contributed by atoms with Crippen LogP contribution in [0.3, 0.4) is 0 Å². The predicted octanol–water partition coefficient (Wildman–Crippen LogP) is 2.65. The summed E-state index contributed by atoms with van der Waals surface area (Å²) in [7, 11) is 1.98. The average Bonchev–Trinajstić information content (AvgIpc) is 2.99. The van der Waals surface area contributed by atoms with Crippen LogP contribution in [0.5, 0.6) is 0 Å². The summed E-state index contributed by atoms with van der Waals surface area (Å²) in [5.74, 6) is 1.44. The molecule has 2 heterocycles. The second-order valence-electron chi connectivity index (χ2n) is 5.92. The van der Waals surface area contributed by atoms with Gasteiger partial charge in [0.2, 0.25) is 5.76 Å². The molecule has 2 rings (SSSR count). The van der Waals surface area contributed by atoms with Gasteiger partial charge in [-0.05, 0) is 45.2 Å². The molecule has 5 nitrogen and oxygen atoms in total. The van der Waals surface area contributed by atoms with Crippen LogP contribution in [0.1, 0.15) is 61.7 Å². The van der Waals surface area contributed by atoms with Gasteiger partial charge in [-0.2, -0.15) is 0 Å². The summed E-state index contributed by atoms with van der Waals surface area (Å²) in [6.07, 6.45) is 4.15. The summed E-state index contributed by atoms with van der Waals surface area (Å²) < 4.78 is 5.29. The summed E-state index contributed by atoms with van der Waals surface area (Å²) in [4.78, 5) is 14.3. The van der Waals surface area contributed by atoms with Gasteiger partial charge in [0.25, 0.3) is 5.91 Å². The van der Waals surface area contributed by atoms with E-state index in [2.05, 4.69) is 24.3 Å². The predicted molar refractivity (Wildman–Crippen MR) is 82.4 cm³/mol. The summed E-state index contributed by atoms with van der Waals surface area (Å²) in [5.41, 5.74) is 0.911. The van der Waals surface area contributed by atoms with Crippen LogP contribution in [0.2, 0.25) is 0 Å². The zero-order valence-electron chi connectivity index (χ0n) is 13.4. The molecule has 0 aromatic carbocycles. The number of rotatable bonds is 6. The summed E-state index contributed by atoms with van der Waals surface area (Å²) in [6, 6.07) is 1.83. The normalized spacial score (nSPS) is 16.7. The highest BCUT2D eigenvalue weighted by atomic mass is 16.5. The maximum absolute atomic E-state index is 12.5. The molecule has 0 radical (unpaired) electrons. The smallest absolute Gasteiger partial charge is 0.292 e. The third-order valence-electron chi connectivity index (χ3n) is 4.54. The number of carbonyl (C=O) groups excluding carboxylic acids is 1. The van der Waals surface area contributed by atoms with Crippen molar-refractivity contribution in [3.63, 3.8) is 0 Å². The fourth-order valence-corrected chi connectivity index (χ4v) is 3.07. The highest BCUT2D eigenvalue weighted by molar-refractivity contribution is 5.91. The summed E-state index contributed by atoms with van der Waals surface area (Å²) in [6.45, 7) is 6.93. The van der Waals surface area contributed by atoms with E-state index < -0.39 is 0 Å². The number of likely N-dealkylation sites (tertiary alicyclic amines) is 1. The van der Waals surface area contributed by atoms with Crippen molar-refractivity contribution >= 4 is 5.91 Å². The number of nitrogens with zero attached hydrogens (tertiary/aromatic N) is 2. The Bertz CT molecular complexity index is 446. The van der Waals surface area contributed by atoms with Crippen LogP contribution in [0, 0.1) is 5.92 Å². The number of hydrogen-bond donors (Lipinski definition) is 1. The van der Waals surface area contributed by atoms with E-state index in [-0.39, 0.29) is 5.91 Å². The van der Waals surface area contributed by atoms with Crippen molar-refractivity contribution in [2.24, 2.45) is 5.92 Å². The van der Waals surface area contributed by atoms with Gasteiger partial charge in [0.05, 0.1) is 5.69 Å². The van der Waals surface area contributed by atoms with Crippen LogP contribution in [-0.4, -0.2) is 42.6 Å². The van der Waals surface area contributed by atoms with Crippen LogP contribution in [0.15, 0.2) is 10.6 Å². The average molecular weight is 293 g/mol. The van der Waals surface area contributed by atoms with Gasteiger partial charge in [0, 0.05) is 25.1 Å². The van der Waals surface area contributed by atoms with Gasteiger partial charge < -0.3 is 14.7 Å². The van der Waals surface area contributed by atoms with Crippen LogP contribution in [0.4, 0.5) is 0 Å². The molecule has 1 aromatic rings. The minimum absolute atomic E-state index is 0.0115. The van der Waals surface area contributed by atoms with Gasteiger partial charge in [-0.15, -0.1) is 0 Å². The Hall–Kier alpha value is -1.36. The monoisotopic (exact) mass is 293 g/mol. The molecule has 1 amide bonds. The maximum atomic E-state index is 12.5. The van der Waals surface area contributed by atoms with Gasteiger partial charge in [-0.25, -0.2) is 0 Å². The lowest BCUT2D eigenvalue weighted by Gasteiger charge is -2.31. The first kappa shape index (κ1) is 16.0. The Kier molecular flexibility index (Phi) is 5.79. The molecule has 1 aliphatic heterocycles. The zero-order chi connectivity index (χ0) is 15.2. The van der Waals surface area contributed by atoms with Crippen molar-refractivity contribution in [1.82, 2.24) is 15.4 Å². The third kappa shape index (κ3) is 3.84. The molecule has 0 atom stereocenters. The highest BCUT2D eigenvalue weighted by Crippen LogP contribution is 2.24.